The molecule has 0 bridgehead atoms. The van der Waals surface area contributed by atoms with Gasteiger partial charge >= 0.3 is 0 Å². The Morgan fingerprint density at radius 2 is 2.21 bits per heavy atom. The highest BCUT2D eigenvalue weighted by Gasteiger charge is 2.29. The molecule has 1 aromatic heterocycles. The van der Waals surface area contributed by atoms with Crippen LogP contribution in [0, 0.1) is 5.92 Å². The van der Waals surface area contributed by atoms with E-state index < -0.39 is 0 Å². The standard InChI is InChI=1S/C14H21BrN2OS/c1-17(8-10-7-13(15)19-9-10)14(18)11-5-3-2-4-6-12(11)16/h7,9,11-12H,2-6,8,16H2,1H3. The smallest absolute Gasteiger partial charge is 0.227 e. The topological polar surface area (TPSA) is 46.3 Å². The number of carbonyl (C=O) groups excluding carboxylic acids is 1. The van der Waals surface area contributed by atoms with Crippen LogP contribution >= 0.6 is 27.3 Å². The predicted octanol–water partition coefficient (Wildman–Crippen LogP) is 3.38. The van der Waals surface area contributed by atoms with Gasteiger partial charge in [0, 0.05) is 19.6 Å². The van der Waals surface area contributed by atoms with E-state index in [9.17, 15) is 4.79 Å². The summed E-state index contributed by atoms with van der Waals surface area (Å²) in [4.78, 5) is 14.3. The van der Waals surface area contributed by atoms with Crippen LogP contribution < -0.4 is 5.73 Å². The molecule has 1 saturated carbocycles. The highest BCUT2D eigenvalue weighted by molar-refractivity contribution is 9.11. The van der Waals surface area contributed by atoms with Gasteiger partial charge in [-0.15, -0.1) is 11.3 Å². The summed E-state index contributed by atoms with van der Waals surface area (Å²) in [5, 5.41) is 2.08. The maximum atomic E-state index is 12.5. The van der Waals surface area contributed by atoms with Crippen LogP contribution in [0.25, 0.3) is 0 Å². The molecular weight excluding hydrogens is 324 g/mol. The third-order valence-electron chi connectivity index (χ3n) is 3.80. The molecule has 0 saturated heterocycles. The minimum Gasteiger partial charge on any atom is -0.341 e. The maximum Gasteiger partial charge on any atom is 0.227 e. The van der Waals surface area contributed by atoms with Crippen molar-refractivity contribution in [3.63, 3.8) is 0 Å². The summed E-state index contributed by atoms with van der Waals surface area (Å²) in [6.07, 6.45) is 5.42. The Kier molecular flexibility index (Phi) is 5.42. The van der Waals surface area contributed by atoms with Crippen LogP contribution in [0.1, 0.15) is 37.7 Å². The summed E-state index contributed by atoms with van der Waals surface area (Å²) in [6, 6.07) is 2.10. The highest BCUT2D eigenvalue weighted by atomic mass is 79.9. The zero-order valence-corrected chi connectivity index (χ0v) is 13.7. The van der Waals surface area contributed by atoms with E-state index in [0.29, 0.717) is 6.54 Å². The molecule has 1 amide bonds. The van der Waals surface area contributed by atoms with E-state index in [1.165, 1.54) is 12.0 Å². The molecule has 1 aromatic rings. The number of thiophene rings is 1. The number of nitrogens with two attached hydrogens (primary N) is 1. The van der Waals surface area contributed by atoms with E-state index in [2.05, 4.69) is 27.4 Å². The summed E-state index contributed by atoms with van der Waals surface area (Å²) >= 11 is 5.10. The van der Waals surface area contributed by atoms with E-state index in [-0.39, 0.29) is 17.9 Å². The van der Waals surface area contributed by atoms with E-state index >= 15 is 0 Å². The Morgan fingerprint density at radius 3 is 2.89 bits per heavy atom. The van der Waals surface area contributed by atoms with Gasteiger partial charge in [0.25, 0.3) is 0 Å². The maximum absolute atomic E-state index is 12.5. The van der Waals surface area contributed by atoms with Gasteiger partial charge in [0.2, 0.25) is 5.91 Å². The Bertz CT molecular complexity index is 435. The van der Waals surface area contributed by atoms with Gasteiger partial charge in [0.1, 0.15) is 0 Å². The third-order valence-corrected chi connectivity index (χ3v) is 5.36. The van der Waals surface area contributed by atoms with Crippen molar-refractivity contribution in [1.82, 2.24) is 4.90 Å². The predicted molar refractivity (Wildman–Crippen MR) is 83.0 cm³/mol. The molecular formula is C14H21BrN2OS. The minimum absolute atomic E-state index is 0.00887. The van der Waals surface area contributed by atoms with Gasteiger partial charge in [0.05, 0.1) is 9.70 Å². The first-order valence-electron chi connectivity index (χ1n) is 6.81. The van der Waals surface area contributed by atoms with Crippen LogP contribution in [-0.2, 0) is 11.3 Å². The Morgan fingerprint density at radius 1 is 1.47 bits per heavy atom. The van der Waals surface area contributed by atoms with E-state index in [1.807, 2.05) is 11.9 Å². The minimum atomic E-state index is 0.00887. The molecule has 2 unspecified atom stereocenters. The van der Waals surface area contributed by atoms with Gasteiger partial charge in [-0.3, -0.25) is 4.79 Å². The number of halogens is 1. The molecule has 1 aliphatic rings. The van der Waals surface area contributed by atoms with Gasteiger partial charge in [0.15, 0.2) is 0 Å². The second kappa shape index (κ2) is 6.86. The molecule has 2 N–H and O–H groups in total. The monoisotopic (exact) mass is 344 g/mol. The first kappa shape index (κ1) is 15.0. The van der Waals surface area contributed by atoms with Crippen LogP contribution in [0.15, 0.2) is 15.2 Å². The van der Waals surface area contributed by atoms with E-state index in [1.54, 1.807) is 11.3 Å². The molecule has 3 nitrogen and oxygen atoms in total. The number of rotatable bonds is 3. The number of hydrogen-bond donors (Lipinski definition) is 1. The van der Waals surface area contributed by atoms with Gasteiger partial charge in [-0.2, -0.15) is 0 Å². The molecule has 0 aliphatic heterocycles. The van der Waals surface area contributed by atoms with Crippen LogP contribution in [0.3, 0.4) is 0 Å². The molecule has 1 aliphatic carbocycles. The van der Waals surface area contributed by atoms with Crippen molar-refractivity contribution in [3.05, 3.63) is 20.8 Å². The fourth-order valence-electron chi connectivity index (χ4n) is 2.71. The first-order valence-corrected chi connectivity index (χ1v) is 8.48. The molecule has 2 atom stereocenters. The lowest BCUT2D eigenvalue weighted by atomic mass is 9.94. The lowest BCUT2D eigenvalue weighted by molar-refractivity contribution is -0.135. The molecule has 5 heteroatoms. The molecule has 106 valence electrons. The largest absolute Gasteiger partial charge is 0.341 e. The quantitative estimate of drug-likeness (QED) is 0.854. The summed E-state index contributed by atoms with van der Waals surface area (Å²) in [5.74, 6) is 0.214. The summed E-state index contributed by atoms with van der Waals surface area (Å²) < 4.78 is 1.11. The van der Waals surface area contributed by atoms with Crippen molar-refractivity contribution >= 4 is 33.2 Å². The van der Waals surface area contributed by atoms with Crippen molar-refractivity contribution in [3.8, 4) is 0 Å². The Hall–Kier alpha value is -0.390. The SMILES string of the molecule is CN(Cc1csc(Br)c1)C(=O)C1CCCCCC1N. The molecule has 19 heavy (non-hydrogen) atoms. The van der Waals surface area contributed by atoms with E-state index in [0.717, 1.165) is 29.5 Å². The third kappa shape index (κ3) is 4.04. The fraction of sp³-hybridized carbons (Fsp3) is 0.643. The number of carbonyl (C=O) groups is 1. The normalized spacial score (nSPS) is 23.9. The lowest BCUT2D eigenvalue weighted by Crippen LogP contribution is -2.41. The van der Waals surface area contributed by atoms with Crippen molar-refractivity contribution in [1.29, 1.82) is 0 Å². The molecule has 0 aromatic carbocycles. The summed E-state index contributed by atoms with van der Waals surface area (Å²) in [5.41, 5.74) is 7.34. The molecule has 2 rings (SSSR count). The molecule has 1 fully saturated rings. The Balaban J connectivity index is 1.97. The molecule has 0 spiro atoms. The highest BCUT2D eigenvalue weighted by Crippen LogP contribution is 2.25. The average molecular weight is 345 g/mol. The number of amides is 1. The average Bonchev–Trinajstić information content (AvgIpc) is 2.66. The van der Waals surface area contributed by atoms with Crippen LogP contribution in [0.5, 0.6) is 0 Å². The van der Waals surface area contributed by atoms with Crippen LogP contribution in [-0.4, -0.2) is 23.9 Å². The number of hydrogen-bond acceptors (Lipinski definition) is 3. The number of nitrogens with zero attached hydrogens (tertiary/aromatic N) is 1. The van der Waals surface area contributed by atoms with Crippen molar-refractivity contribution < 1.29 is 4.79 Å². The zero-order chi connectivity index (χ0) is 13.8. The van der Waals surface area contributed by atoms with Gasteiger partial charge in [-0.1, -0.05) is 19.3 Å². The van der Waals surface area contributed by atoms with Crippen molar-refractivity contribution in [2.75, 3.05) is 7.05 Å². The van der Waals surface area contributed by atoms with Crippen molar-refractivity contribution in [2.24, 2.45) is 11.7 Å². The van der Waals surface area contributed by atoms with E-state index in [4.69, 9.17) is 5.73 Å². The summed E-state index contributed by atoms with van der Waals surface area (Å²) in [6.45, 7) is 0.671. The fourth-order valence-corrected chi connectivity index (χ4v) is 3.91. The molecule has 0 radical (unpaired) electrons. The first-order chi connectivity index (χ1) is 9.08. The Labute approximate surface area is 127 Å². The van der Waals surface area contributed by atoms with Gasteiger partial charge in [-0.05, 0) is 45.8 Å². The molecule has 1 heterocycles. The zero-order valence-electron chi connectivity index (χ0n) is 11.3. The van der Waals surface area contributed by atoms with Gasteiger partial charge < -0.3 is 10.6 Å². The lowest BCUT2D eigenvalue weighted by Gasteiger charge is -2.26. The van der Waals surface area contributed by atoms with Crippen molar-refractivity contribution in [2.45, 2.75) is 44.7 Å². The summed E-state index contributed by atoms with van der Waals surface area (Å²) in [7, 11) is 1.88. The second-order valence-electron chi connectivity index (χ2n) is 5.36. The van der Waals surface area contributed by atoms with Crippen LogP contribution in [0.4, 0.5) is 0 Å². The van der Waals surface area contributed by atoms with Gasteiger partial charge in [-0.25, -0.2) is 0 Å². The van der Waals surface area contributed by atoms with Crippen LogP contribution in [0.2, 0.25) is 0 Å². The second-order valence-corrected chi connectivity index (χ2v) is 7.65.